The summed E-state index contributed by atoms with van der Waals surface area (Å²) in [5.41, 5.74) is 1.08. The Morgan fingerprint density at radius 2 is 2.21 bits per heavy atom. The van der Waals surface area contributed by atoms with E-state index < -0.39 is 0 Å². The zero-order valence-electron chi connectivity index (χ0n) is 8.20. The van der Waals surface area contributed by atoms with Crippen LogP contribution in [0, 0.1) is 0 Å². The maximum absolute atomic E-state index is 5.44. The Balaban J connectivity index is 2.18. The number of pyridine rings is 1. The van der Waals surface area contributed by atoms with Gasteiger partial charge in [-0.25, -0.2) is 0 Å². The molecule has 14 heavy (non-hydrogen) atoms. The van der Waals surface area contributed by atoms with E-state index in [1.165, 1.54) is 0 Å². The first-order valence-corrected chi connectivity index (χ1v) is 5.28. The maximum Gasteiger partial charge on any atom is 0.0732 e. The van der Waals surface area contributed by atoms with Gasteiger partial charge in [-0.1, -0.05) is 0 Å². The molecule has 0 aliphatic rings. The van der Waals surface area contributed by atoms with E-state index in [0.717, 1.165) is 29.7 Å². The highest BCUT2D eigenvalue weighted by Gasteiger charge is 1.94. The first kappa shape index (κ1) is 11.6. The van der Waals surface area contributed by atoms with Gasteiger partial charge in [-0.3, -0.25) is 4.98 Å². The summed E-state index contributed by atoms with van der Waals surface area (Å²) in [5.74, 6) is 0. The number of hydrogen-bond acceptors (Lipinski definition) is 3. The first-order chi connectivity index (χ1) is 6.83. The molecule has 0 unspecified atom stereocenters. The zero-order valence-corrected chi connectivity index (χ0v) is 9.79. The molecule has 0 aliphatic heterocycles. The van der Waals surface area contributed by atoms with E-state index in [1.54, 1.807) is 19.5 Å². The van der Waals surface area contributed by atoms with Gasteiger partial charge in [0.2, 0.25) is 0 Å². The fourth-order valence-corrected chi connectivity index (χ4v) is 1.44. The second kappa shape index (κ2) is 6.92. The molecule has 1 aromatic rings. The van der Waals surface area contributed by atoms with Crippen LogP contribution in [-0.2, 0) is 16.1 Å². The number of methoxy groups -OCH3 is 1. The summed E-state index contributed by atoms with van der Waals surface area (Å²) in [6, 6.07) is 2.00. The fraction of sp³-hybridized carbons (Fsp3) is 0.500. The molecule has 4 heteroatoms. The molecule has 78 valence electrons. The predicted molar refractivity (Wildman–Crippen MR) is 58.1 cm³/mol. The third-order valence-electron chi connectivity index (χ3n) is 1.67. The number of halogens is 1. The van der Waals surface area contributed by atoms with Gasteiger partial charge in [0.25, 0.3) is 0 Å². The van der Waals surface area contributed by atoms with Crippen LogP contribution in [-0.4, -0.2) is 25.3 Å². The monoisotopic (exact) mass is 259 g/mol. The van der Waals surface area contributed by atoms with Crippen molar-refractivity contribution in [3.05, 3.63) is 28.5 Å². The highest BCUT2D eigenvalue weighted by atomic mass is 79.9. The van der Waals surface area contributed by atoms with Crippen LogP contribution < -0.4 is 0 Å². The molecule has 0 aromatic carbocycles. The number of hydrogen-bond donors (Lipinski definition) is 0. The summed E-state index contributed by atoms with van der Waals surface area (Å²) >= 11 is 3.36. The van der Waals surface area contributed by atoms with Crippen LogP contribution in [0.1, 0.15) is 12.0 Å². The van der Waals surface area contributed by atoms with Gasteiger partial charge in [-0.2, -0.15) is 0 Å². The smallest absolute Gasteiger partial charge is 0.0732 e. The van der Waals surface area contributed by atoms with Crippen LogP contribution >= 0.6 is 15.9 Å². The van der Waals surface area contributed by atoms with Crippen LogP contribution in [0.15, 0.2) is 22.9 Å². The van der Waals surface area contributed by atoms with Crippen molar-refractivity contribution in [1.29, 1.82) is 0 Å². The van der Waals surface area contributed by atoms with Crippen molar-refractivity contribution in [2.24, 2.45) is 0 Å². The van der Waals surface area contributed by atoms with Gasteiger partial charge in [-0.15, -0.1) is 0 Å². The summed E-state index contributed by atoms with van der Waals surface area (Å²) in [5, 5.41) is 0. The predicted octanol–water partition coefficient (Wildman–Crippen LogP) is 2.40. The highest BCUT2D eigenvalue weighted by Crippen LogP contribution is 2.10. The Morgan fingerprint density at radius 1 is 1.36 bits per heavy atom. The van der Waals surface area contributed by atoms with Gasteiger partial charge >= 0.3 is 0 Å². The first-order valence-electron chi connectivity index (χ1n) is 4.49. The summed E-state index contributed by atoms with van der Waals surface area (Å²) in [6.07, 6.45) is 4.49. The molecule has 1 rings (SSSR count). The Morgan fingerprint density at radius 3 is 2.93 bits per heavy atom. The van der Waals surface area contributed by atoms with Gasteiger partial charge in [-0.05, 0) is 34.0 Å². The molecular formula is C10H14BrNO2. The number of ether oxygens (including phenoxy) is 2. The lowest BCUT2D eigenvalue weighted by atomic mass is 10.3. The van der Waals surface area contributed by atoms with Crippen molar-refractivity contribution >= 4 is 15.9 Å². The molecule has 0 saturated carbocycles. The van der Waals surface area contributed by atoms with Crippen LogP contribution in [0.4, 0.5) is 0 Å². The van der Waals surface area contributed by atoms with Gasteiger partial charge in [0, 0.05) is 37.2 Å². The molecule has 0 saturated heterocycles. The van der Waals surface area contributed by atoms with Crippen LogP contribution in [0.5, 0.6) is 0 Å². The van der Waals surface area contributed by atoms with Crippen LogP contribution in [0.3, 0.4) is 0 Å². The van der Waals surface area contributed by atoms with Crippen molar-refractivity contribution in [1.82, 2.24) is 4.98 Å². The SMILES string of the molecule is COCCCOCc1cncc(Br)c1. The third-order valence-corrected chi connectivity index (χ3v) is 2.10. The van der Waals surface area contributed by atoms with E-state index in [0.29, 0.717) is 6.61 Å². The quantitative estimate of drug-likeness (QED) is 0.736. The van der Waals surface area contributed by atoms with E-state index in [2.05, 4.69) is 20.9 Å². The standard InChI is InChI=1S/C10H14BrNO2/c1-13-3-2-4-14-8-9-5-10(11)7-12-6-9/h5-7H,2-4,8H2,1H3. The van der Waals surface area contributed by atoms with E-state index in [-0.39, 0.29) is 0 Å². The summed E-state index contributed by atoms with van der Waals surface area (Å²) in [6.45, 7) is 2.08. The third kappa shape index (κ3) is 4.69. The van der Waals surface area contributed by atoms with Crippen molar-refractivity contribution in [2.45, 2.75) is 13.0 Å². The molecule has 0 amide bonds. The lowest BCUT2D eigenvalue weighted by Gasteiger charge is -2.03. The van der Waals surface area contributed by atoms with E-state index in [1.807, 2.05) is 6.07 Å². The van der Waals surface area contributed by atoms with Crippen molar-refractivity contribution in [3.8, 4) is 0 Å². The summed E-state index contributed by atoms with van der Waals surface area (Å²) in [4.78, 5) is 4.05. The lowest BCUT2D eigenvalue weighted by molar-refractivity contribution is 0.0927. The normalized spacial score (nSPS) is 10.4. The van der Waals surface area contributed by atoms with Crippen molar-refractivity contribution < 1.29 is 9.47 Å². The van der Waals surface area contributed by atoms with E-state index in [9.17, 15) is 0 Å². The Labute approximate surface area is 92.6 Å². The van der Waals surface area contributed by atoms with E-state index >= 15 is 0 Å². The summed E-state index contributed by atoms with van der Waals surface area (Å²) in [7, 11) is 1.69. The molecule has 0 N–H and O–H groups in total. The van der Waals surface area contributed by atoms with Crippen molar-refractivity contribution in [2.75, 3.05) is 20.3 Å². The molecule has 1 heterocycles. The largest absolute Gasteiger partial charge is 0.385 e. The Bertz CT molecular complexity index is 268. The lowest BCUT2D eigenvalue weighted by Crippen LogP contribution is -1.99. The molecule has 1 aromatic heterocycles. The molecule has 0 fully saturated rings. The minimum atomic E-state index is 0.607. The van der Waals surface area contributed by atoms with Gasteiger partial charge < -0.3 is 9.47 Å². The molecule has 0 bridgehead atoms. The molecule has 0 spiro atoms. The average molecular weight is 260 g/mol. The Kier molecular flexibility index (Phi) is 5.75. The van der Waals surface area contributed by atoms with Gasteiger partial charge in [0.1, 0.15) is 0 Å². The van der Waals surface area contributed by atoms with Crippen LogP contribution in [0.25, 0.3) is 0 Å². The molecule has 0 aliphatic carbocycles. The number of nitrogens with zero attached hydrogens (tertiary/aromatic N) is 1. The fourth-order valence-electron chi connectivity index (χ4n) is 1.03. The van der Waals surface area contributed by atoms with E-state index in [4.69, 9.17) is 9.47 Å². The zero-order chi connectivity index (χ0) is 10.2. The molecular weight excluding hydrogens is 246 g/mol. The van der Waals surface area contributed by atoms with Crippen molar-refractivity contribution in [3.63, 3.8) is 0 Å². The highest BCUT2D eigenvalue weighted by molar-refractivity contribution is 9.10. The van der Waals surface area contributed by atoms with Crippen LogP contribution in [0.2, 0.25) is 0 Å². The average Bonchev–Trinajstić information content (AvgIpc) is 2.18. The number of aromatic nitrogens is 1. The number of rotatable bonds is 6. The Hall–Kier alpha value is -0.450. The minimum Gasteiger partial charge on any atom is -0.385 e. The maximum atomic E-state index is 5.44. The minimum absolute atomic E-state index is 0.607. The molecule has 3 nitrogen and oxygen atoms in total. The van der Waals surface area contributed by atoms with Gasteiger partial charge in [0.05, 0.1) is 6.61 Å². The summed E-state index contributed by atoms with van der Waals surface area (Å²) < 4.78 is 11.3. The second-order valence-electron chi connectivity index (χ2n) is 2.91. The molecule has 0 radical (unpaired) electrons. The van der Waals surface area contributed by atoms with Gasteiger partial charge in [0.15, 0.2) is 0 Å². The second-order valence-corrected chi connectivity index (χ2v) is 3.83. The topological polar surface area (TPSA) is 31.4 Å². The molecule has 0 atom stereocenters.